The zero-order valence-electron chi connectivity index (χ0n) is 11.6. The average Bonchev–Trinajstić information content (AvgIpc) is 2.29. The molecule has 0 amide bonds. The molecule has 1 aromatic rings. The summed E-state index contributed by atoms with van der Waals surface area (Å²) in [7, 11) is 0. The number of nitrogen functional groups attached to an aromatic ring is 1. The Hall–Kier alpha value is -1.06. The predicted molar refractivity (Wildman–Crippen MR) is 75.3 cm³/mol. The quantitative estimate of drug-likeness (QED) is 0.750. The molecule has 1 aromatic carbocycles. The van der Waals surface area contributed by atoms with E-state index < -0.39 is 5.60 Å². The minimum absolute atomic E-state index is 0.183. The molecule has 18 heavy (non-hydrogen) atoms. The first kappa shape index (κ1) is 13.4. The molecule has 1 fully saturated rings. The number of piperidine rings is 1. The fourth-order valence-electron chi connectivity index (χ4n) is 2.63. The van der Waals surface area contributed by atoms with Crippen LogP contribution >= 0.6 is 0 Å². The zero-order chi connectivity index (χ0) is 13.4. The Balaban J connectivity index is 2.10. The van der Waals surface area contributed by atoms with Crippen LogP contribution in [0.1, 0.15) is 39.2 Å². The molecule has 0 saturated carbocycles. The summed E-state index contributed by atoms with van der Waals surface area (Å²) >= 11 is 0. The molecule has 1 aliphatic heterocycles. The molecule has 3 heteroatoms. The second kappa shape index (κ2) is 4.56. The van der Waals surface area contributed by atoms with E-state index >= 15 is 0 Å². The summed E-state index contributed by atoms with van der Waals surface area (Å²) in [5.74, 6) is 0. The molecule has 3 N–H and O–H groups in total. The largest absolute Gasteiger partial charge is 0.399 e. The molecule has 0 radical (unpaired) electrons. The number of hydrogen-bond acceptors (Lipinski definition) is 3. The van der Waals surface area contributed by atoms with Crippen molar-refractivity contribution in [2.75, 3.05) is 18.8 Å². The van der Waals surface area contributed by atoms with E-state index in [4.69, 9.17) is 5.73 Å². The highest BCUT2D eigenvalue weighted by molar-refractivity contribution is 5.41. The number of likely N-dealkylation sites (tertiary alicyclic amines) is 1. The molecule has 3 nitrogen and oxygen atoms in total. The Labute approximate surface area is 110 Å². The van der Waals surface area contributed by atoms with Gasteiger partial charge in [-0.25, -0.2) is 0 Å². The molecule has 100 valence electrons. The lowest BCUT2D eigenvalue weighted by Gasteiger charge is -2.44. The maximum Gasteiger partial charge on any atom is 0.0920 e. The lowest BCUT2D eigenvalue weighted by Crippen LogP contribution is -2.50. The van der Waals surface area contributed by atoms with Gasteiger partial charge in [-0.15, -0.1) is 0 Å². The Morgan fingerprint density at radius 2 is 1.61 bits per heavy atom. The van der Waals surface area contributed by atoms with Gasteiger partial charge < -0.3 is 10.8 Å². The first-order valence-electron chi connectivity index (χ1n) is 6.65. The van der Waals surface area contributed by atoms with Crippen molar-refractivity contribution in [2.24, 2.45) is 0 Å². The number of hydrogen-bond donors (Lipinski definition) is 2. The minimum Gasteiger partial charge on any atom is -0.399 e. The van der Waals surface area contributed by atoms with Crippen LogP contribution in [0.15, 0.2) is 24.3 Å². The molecular formula is C15H24N2O. The van der Waals surface area contributed by atoms with E-state index in [0.717, 1.165) is 37.2 Å². The van der Waals surface area contributed by atoms with Crippen LogP contribution in [0.3, 0.4) is 0 Å². The number of nitrogens with two attached hydrogens (primary N) is 1. The van der Waals surface area contributed by atoms with E-state index in [1.54, 1.807) is 0 Å². The van der Waals surface area contributed by atoms with Crippen LogP contribution in [0.25, 0.3) is 0 Å². The number of benzene rings is 1. The van der Waals surface area contributed by atoms with Crippen LogP contribution in [0.2, 0.25) is 0 Å². The van der Waals surface area contributed by atoms with Crippen LogP contribution in [0, 0.1) is 0 Å². The van der Waals surface area contributed by atoms with Gasteiger partial charge in [-0.1, -0.05) is 12.1 Å². The lowest BCUT2D eigenvalue weighted by molar-refractivity contribution is -0.0461. The molecule has 1 heterocycles. The van der Waals surface area contributed by atoms with Crippen LogP contribution in [-0.2, 0) is 5.60 Å². The van der Waals surface area contributed by atoms with Crippen molar-refractivity contribution >= 4 is 5.69 Å². The van der Waals surface area contributed by atoms with Crippen molar-refractivity contribution < 1.29 is 5.11 Å². The average molecular weight is 248 g/mol. The Morgan fingerprint density at radius 3 is 2.06 bits per heavy atom. The molecule has 0 atom stereocenters. The summed E-state index contributed by atoms with van der Waals surface area (Å²) in [6, 6.07) is 7.62. The third-order valence-corrected chi connectivity index (χ3v) is 3.99. The second-order valence-corrected chi connectivity index (χ2v) is 6.31. The Kier molecular flexibility index (Phi) is 3.39. The highest BCUT2D eigenvalue weighted by Gasteiger charge is 2.36. The van der Waals surface area contributed by atoms with Gasteiger partial charge in [0.25, 0.3) is 0 Å². The number of aliphatic hydroxyl groups is 1. The Morgan fingerprint density at radius 1 is 1.11 bits per heavy atom. The fraction of sp³-hybridized carbons (Fsp3) is 0.600. The molecule has 0 bridgehead atoms. The van der Waals surface area contributed by atoms with E-state index in [9.17, 15) is 5.11 Å². The van der Waals surface area contributed by atoms with Crippen LogP contribution < -0.4 is 5.73 Å². The summed E-state index contributed by atoms with van der Waals surface area (Å²) in [4.78, 5) is 2.43. The monoisotopic (exact) mass is 248 g/mol. The number of anilines is 1. The standard InChI is InChI=1S/C15H24N2O/c1-14(2,3)17-10-8-15(18,9-11-17)12-4-6-13(16)7-5-12/h4-7,18H,8-11,16H2,1-3H3. The number of rotatable bonds is 1. The predicted octanol–water partition coefficient (Wildman–Crippen LogP) is 2.35. The minimum atomic E-state index is -0.685. The number of nitrogens with zero attached hydrogens (tertiary/aromatic N) is 1. The van der Waals surface area contributed by atoms with Crippen molar-refractivity contribution in [2.45, 2.75) is 44.8 Å². The van der Waals surface area contributed by atoms with E-state index in [0.29, 0.717) is 0 Å². The third-order valence-electron chi connectivity index (χ3n) is 3.99. The van der Waals surface area contributed by atoms with Gasteiger partial charge in [-0.2, -0.15) is 0 Å². The molecule has 0 unspecified atom stereocenters. The molecule has 0 aromatic heterocycles. The maximum atomic E-state index is 10.7. The summed E-state index contributed by atoms with van der Waals surface area (Å²) in [5.41, 5.74) is 6.92. The molecule has 1 saturated heterocycles. The van der Waals surface area contributed by atoms with Crippen molar-refractivity contribution in [3.8, 4) is 0 Å². The second-order valence-electron chi connectivity index (χ2n) is 6.31. The highest BCUT2D eigenvalue weighted by atomic mass is 16.3. The first-order valence-corrected chi connectivity index (χ1v) is 6.65. The van der Waals surface area contributed by atoms with Crippen LogP contribution in [0.5, 0.6) is 0 Å². The van der Waals surface area contributed by atoms with Crippen LogP contribution in [-0.4, -0.2) is 28.6 Å². The van der Waals surface area contributed by atoms with Crippen molar-refractivity contribution in [3.63, 3.8) is 0 Å². The molecule has 2 rings (SSSR count). The molecule has 1 aliphatic rings. The van der Waals surface area contributed by atoms with Crippen LogP contribution in [0.4, 0.5) is 5.69 Å². The van der Waals surface area contributed by atoms with Crippen molar-refractivity contribution in [3.05, 3.63) is 29.8 Å². The highest BCUT2D eigenvalue weighted by Crippen LogP contribution is 2.35. The van der Waals surface area contributed by atoms with E-state index in [1.165, 1.54) is 0 Å². The lowest BCUT2D eigenvalue weighted by atomic mass is 9.83. The fourth-order valence-corrected chi connectivity index (χ4v) is 2.63. The van der Waals surface area contributed by atoms with Gasteiger partial charge in [0.1, 0.15) is 0 Å². The van der Waals surface area contributed by atoms with Gasteiger partial charge in [0.05, 0.1) is 5.60 Å². The van der Waals surface area contributed by atoms with Gasteiger partial charge in [-0.05, 0) is 51.3 Å². The molecular weight excluding hydrogens is 224 g/mol. The first-order chi connectivity index (χ1) is 8.31. The Bertz CT molecular complexity index is 397. The molecule has 0 spiro atoms. The summed E-state index contributed by atoms with van der Waals surface area (Å²) in [6.45, 7) is 8.54. The topological polar surface area (TPSA) is 49.5 Å². The third kappa shape index (κ3) is 2.68. The smallest absolute Gasteiger partial charge is 0.0920 e. The van der Waals surface area contributed by atoms with Gasteiger partial charge in [0.2, 0.25) is 0 Å². The van der Waals surface area contributed by atoms with E-state index in [2.05, 4.69) is 25.7 Å². The van der Waals surface area contributed by atoms with Gasteiger partial charge in [0, 0.05) is 24.3 Å². The van der Waals surface area contributed by atoms with Gasteiger partial charge >= 0.3 is 0 Å². The normalized spacial score (nSPS) is 20.9. The van der Waals surface area contributed by atoms with Crippen molar-refractivity contribution in [1.82, 2.24) is 4.90 Å². The summed E-state index contributed by atoms with van der Waals surface area (Å²) in [5, 5.41) is 10.7. The van der Waals surface area contributed by atoms with Gasteiger partial charge in [-0.3, -0.25) is 4.90 Å². The SMILES string of the molecule is CC(C)(C)N1CCC(O)(c2ccc(N)cc2)CC1. The van der Waals surface area contributed by atoms with E-state index in [-0.39, 0.29) is 5.54 Å². The van der Waals surface area contributed by atoms with E-state index in [1.807, 2.05) is 24.3 Å². The van der Waals surface area contributed by atoms with Crippen molar-refractivity contribution in [1.29, 1.82) is 0 Å². The zero-order valence-corrected chi connectivity index (χ0v) is 11.6. The summed E-state index contributed by atoms with van der Waals surface area (Å²) in [6.07, 6.45) is 1.57. The maximum absolute atomic E-state index is 10.7. The molecule has 0 aliphatic carbocycles. The summed E-state index contributed by atoms with van der Waals surface area (Å²) < 4.78 is 0. The van der Waals surface area contributed by atoms with Gasteiger partial charge in [0.15, 0.2) is 0 Å².